The highest BCUT2D eigenvalue weighted by atomic mass is 16.4. The first-order chi connectivity index (χ1) is 6.02. The van der Waals surface area contributed by atoms with Gasteiger partial charge in [-0.25, -0.2) is 4.79 Å². The maximum absolute atomic E-state index is 10.3. The lowest BCUT2D eigenvalue weighted by molar-refractivity contribution is -0.131. The fraction of sp³-hybridized carbons (Fsp3) is 0.300. The maximum Gasteiger partial charge on any atom is 0.328 e. The van der Waals surface area contributed by atoms with Crippen LogP contribution in [0.4, 0.5) is 0 Å². The molecule has 0 bridgehead atoms. The number of hydrogen-bond acceptors (Lipinski definition) is 1. The van der Waals surface area contributed by atoms with Crippen LogP contribution in [0.5, 0.6) is 0 Å². The molecule has 1 N–H and O–H groups in total. The zero-order chi connectivity index (χ0) is 10.0. The summed E-state index contributed by atoms with van der Waals surface area (Å²) in [5.74, 6) is -0.916. The number of aromatic nitrogens is 1. The van der Waals surface area contributed by atoms with Gasteiger partial charge in [0.15, 0.2) is 0 Å². The molecule has 0 spiro atoms. The summed E-state index contributed by atoms with van der Waals surface area (Å²) in [5.41, 5.74) is 3.17. The van der Waals surface area contributed by atoms with E-state index in [1.165, 1.54) is 0 Å². The van der Waals surface area contributed by atoms with Gasteiger partial charge >= 0.3 is 5.97 Å². The normalized spacial score (nSPS) is 11.0. The number of nitrogens with zero attached hydrogens (tertiary/aromatic N) is 1. The molecule has 3 nitrogen and oxygen atoms in total. The van der Waals surface area contributed by atoms with E-state index in [4.69, 9.17) is 5.11 Å². The quantitative estimate of drug-likeness (QED) is 0.702. The summed E-state index contributed by atoms with van der Waals surface area (Å²) in [6.45, 7) is 3.96. The van der Waals surface area contributed by atoms with Gasteiger partial charge in [0.2, 0.25) is 0 Å². The Kier molecular flexibility index (Phi) is 2.56. The third-order valence-electron chi connectivity index (χ3n) is 2.22. The molecule has 1 aromatic rings. The van der Waals surface area contributed by atoms with Gasteiger partial charge in [-0.15, -0.1) is 0 Å². The van der Waals surface area contributed by atoms with Crippen molar-refractivity contribution in [1.29, 1.82) is 0 Å². The SMILES string of the molecule is Cc1cc(/C=C/C(=O)O)c(C)n1C. The Labute approximate surface area is 77.3 Å². The van der Waals surface area contributed by atoms with E-state index in [1.807, 2.05) is 31.5 Å². The average molecular weight is 179 g/mol. The molecule has 0 fully saturated rings. The predicted molar refractivity (Wildman–Crippen MR) is 51.6 cm³/mol. The first kappa shape index (κ1) is 9.58. The number of carbonyl (C=O) groups is 1. The number of hydrogen-bond donors (Lipinski definition) is 1. The second kappa shape index (κ2) is 3.47. The zero-order valence-electron chi connectivity index (χ0n) is 8.03. The minimum absolute atomic E-state index is 0.916. The third kappa shape index (κ3) is 1.99. The van der Waals surface area contributed by atoms with Crippen LogP contribution in [-0.4, -0.2) is 15.6 Å². The number of carboxylic acids is 1. The molecule has 0 saturated heterocycles. The Morgan fingerprint density at radius 3 is 2.54 bits per heavy atom. The van der Waals surface area contributed by atoms with Crippen LogP contribution >= 0.6 is 0 Å². The monoisotopic (exact) mass is 179 g/mol. The van der Waals surface area contributed by atoms with Crippen molar-refractivity contribution < 1.29 is 9.90 Å². The average Bonchev–Trinajstić information content (AvgIpc) is 2.29. The second-order valence-electron chi connectivity index (χ2n) is 3.06. The van der Waals surface area contributed by atoms with Gasteiger partial charge in [0, 0.05) is 24.5 Å². The summed E-state index contributed by atoms with van der Waals surface area (Å²) in [6.07, 6.45) is 2.77. The van der Waals surface area contributed by atoms with E-state index < -0.39 is 5.97 Å². The summed E-state index contributed by atoms with van der Waals surface area (Å²) in [4.78, 5) is 10.3. The van der Waals surface area contributed by atoms with Crippen LogP contribution in [0.25, 0.3) is 6.08 Å². The minimum Gasteiger partial charge on any atom is -0.478 e. The molecule has 1 rings (SSSR count). The topological polar surface area (TPSA) is 42.2 Å². The van der Waals surface area contributed by atoms with Gasteiger partial charge in [-0.2, -0.15) is 0 Å². The number of aliphatic carboxylic acids is 1. The molecule has 0 saturated carbocycles. The van der Waals surface area contributed by atoms with Crippen LogP contribution in [0, 0.1) is 13.8 Å². The lowest BCUT2D eigenvalue weighted by Crippen LogP contribution is -1.93. The van der Waals surface area contributed by atoms with E-state index in [1.54, 1.807) is 6.08 Å². The maximum atomic E-state index is 10.3. The zero-order valence-corrected chi connectivity index (χ0v) is 8.03. The molecule has 0 unspecified atom stereocenters. The summed E-state index contributed by atoms with van der Waals surface area (Å²) < 4.78 is 2.03. The number of rotatable bonds is 2. The van der Waals surface area contributed by atoms with E-state index in [0.29, 0.717) is 0 Å². The molecule has 13 heavy (non-hydrogen) atoms. The highest BCUT2D eigenvalue weighted by molar-refractivity contribution is 5.85. The van der Waals surface area contributed by atoms with Crippen LogP contribution in [0.3, 0.4) is 0 Å². The Hall–Kier alpha value is -1.51. The van der Waals surface area contributed by atoms with Crippen molar-refractivity contribution in [3.8, 4) is 0 Å². The summed E-state index contributed by atoms with van der Waals surface area (Å²) in [5, 5.41) is 8.45. The second-order valence-corrected chi connectivity index (χ2v) is 3.06. The molecule has 0 radical (unpaired) electrons. The van der Waals surface area contributed by atoms with Gasteiger partial charge in [-0.1, -0.05) is 0 Å². The van der Waals surface area contributed by atoms with Gasteiger partial charge in [0.1, 0.15) is 0 Å². The first-order valence-corrected chi connectivity index (χ1v) is 4.06. The fourth-order valence-corrected chi connectivity index (χ4v) is 1.21. The highest BCUT2D eigenvalue weighted by Crippen LogP contribution is 2.14. The molecule has 1 aromatic heterocycles. The lowest BCUT2D eigenvalue weighted by atomic mass is 10.2. The van der Waals surface area contributed by atoms with Gasteiger partial charge in [0.25, 0.3) is 0 Å². The molecule has 3 heteroatoms. The minimum atomic E-state index is -0.916. The molecule has 0 aromatic carbocycles. The fourth-order valence-electron chi connectivity index (χ4n) is 1.21. The van der Waals surface area contributed by atoms with Crippen LogP contribution in [0.2, 0.25) is 0 Å². The van der Waals surface area contributed by atoms with Gasteiger partial charge < -0.3 is 9.67 Å². The molecule has 1 heterocycles. The summed E-state index contributed by atoms with van der Waals surface area (Å²) in [6, 6.07) is 1.97. The molecule has 70 valence electrons. The van der Waals surface area contributed by atoms with Crippen molar-refractivity contribution in [1.82, 2.24) is 4.57 Å². The Morgan fingerprint density at radius 1 is 1.54 bits per heavy atom. The Bertz CT molecular complexity index is 361. The third-order valence-corrected chi connectivity index (χ3v) is 2.22. The first-order valence-electron chi connectivity index (χ1n) is 4.06. The largest absolute Gasteiger partial charge is 0.478 e. The van der Waals surface area contributed by atoms with Crippen molar-refractivity contribution >= 4 is 12.0 Å². The van der Waals surface area contributed by atoms with E-state index in [2.05, 4.69) is 0 Å². The molecular formula is C10H13NO2. The Balaban J connectivity index is 3.03. The predicted octanol–water partition coefficient (Wildman–Crippen LogP) is 1.74. The van der Waals surface area contributed by atoms with Crippen molar-refractivity contribution in [2.24, 2.45) is 7.05 Å². The molecule has 0 aliphatic carbocycles. The molecule has 0 aliphatic heterocycles. The summed E-state index contributed by atoms with van der Waals surface area (Å²) in [7, 11) is 1.96. The van der Waals surface area contributed by atoms with Crippen LogP contribution < -0.4 is 0 Å². The smallest absolute Gasteiger partial charge is 0.328 e. The molecule has 0 amide bonds. The van der Waals surface area contributed by atoms with Crippen LogP contribution in [0.15, 0.2) is 12.1 Å². The molecule has 0 atom stereocenters. The van der Waals surface area contributed by atoms with E-state index in [0.717, 1.165) is 23.0 Å². The lowest BCUT2D eigenvalue weighted by Gasteiger charge is -1.98. The van der Waals surface area contributed by atoms with Crippen molar-refractivity contribution in [3.05, 3.63) is 29.1 Å². The Morgan fingerprint density at radius 2 is 2.15 bits per heavy atom. The number of carboxylic acid groups (broad SMARTS) is 1. The van der Waals surface area contributed by atoms with E-state index in [-0.39, 0.29) is 0 Å². The van der Waals surface area contributed by atoms with Crippen LogP contribution in [-0.2, 0) is 11.8 Å². The van der Waals surface area contributed by atoms with E-state index >= 15 is 0 Å². The number of aryl methyl sites for hydroxylation is 1. The molecular weight excluding hydrogens is 166 g/mol. The van der Waals surface area contributed by atoms with Gasteiger partial charge in [-0.05, 0) is 31.6 Å². The van der Waals surface area contributed by atoms with Gasteiger partial charge in [0.05, 0.1) is 0 Å². The van der Waals surface area contributed by atoms with Gasteiger partial charge in [-0.3, -0.25) is 0 Å². The highest BCUT2D eigenvalue weighted by Gasteiger charge is 2.02. The van der Waals surface area contributed by atoms with Crippen molar-refractivity contribution in [3.63, 3.8) is 0 Å². The van der Waals surface area contributed by atoms with Crippen LogP contribution in [0.1, 0.15) is 17.0 Å². The van der Waals surface area contributed by atoms with Crippen molar-refractivity contribution in [2.75, 3.05) is 0 Å². The standard InChI is InChI=1S/C10H13NO2/c1-7-6-9(4-5-10(12)13)8(2)11(7)3/h4-6H,1-3H3,(H,12,13)/b5-4+. The molecule has 0 aliphatic rings. The van der Waals surface area contributed by atoms with Crippen molar-refractivity contribution in [2.45, 2.75) is 13.8 Å². The van der Waals surface area contributed by atoms with E-state index in [9.17, 15) is 4.79 Å². The summed E-state index contributed by atoms with van der Waals surface area (Å²) >= 11 is 0.